The number of aromatic nitrogens is 3. The molecule has 1 saturated heterocycles. The monoisotopic (exact) mass is 370 g/mol. The summed E-state index contributed by atoms with van der Waals surface area (Å²) < 4.78 is 5.13. The summed E-state index contributed by atoms with van der Waals surface area (Å²) in [5.41, 5.74) is 6.78. The maximum atomic E-state index is 11.9. The van der Waals surface area contributed by atoms with E-state index in [1.54, 1.807) is 0 Å². The number of hydrogen-bond donors (Lipinski definition) is 2. The van der Waals surface area contributed by atoms with E-state index in [2.05, 4.69) is 25.2 Å². The number of nitrogen functional groups attached to an aromatic ring is 1. The molecule has 0 spiro atoms. The van der Waals surface area contributed by atoms with Crippen molar-refractivity contribution < 1.29 is 9.53 Å². The van der Waals surface area contributed by atoms with Gasteiger partial charge in [-0.3, -0.25) is 9.69 Å². The van der Waals surface area contributed by atoms with Crippen molar-refractivity contribution in [2.24, 2.45) is 5.92 Å². The molecule has 3 N–H and O–H groups in total. The largest absolute Gasteiger partial charge is 0.466 e. The molecule has 1 aromatic carbocycles. The number of anilines is 3. The van der Waals surface area contributed by atoms with Gasteiger partial charge in [-0.05, 0) is 51.9 Å². The normalized spacial score (nSPS) is 16.7. The lowest BCUT2D eigenvalue weighted by Crippen LogP contribution is -2.39. The van der Waals surface area contributed by atoms with Crippen LogP contribution in [-0.2, 0) is 9.53 Å². The van der Waals surface area contributed by atoms with Gasteiger partial charge in [-0.25, -0.2) is 0 Å². The number of nitrogens with two attached hydrogens (primary N) is 1. The Hall–Kier alpha value is -2.74. The Morgan fingerprint density at radius 1 is 1.26 bits per heavy atom. The van der Waals surface area contributed by atoms with Gasteiger partial charge in [0.1, 0.15) is 0 Å². The van der Waals surface area contributed by atoms with Crippen molar-refractivity contribution in [3.8, 4) is 0 Å². The van der Waals surface area contributed by atoms with E-state index in [4.69, 9.17) is 10.5 Å². The molecule has 0 saturated carbocycles. The van der Waals surface area contributed by atoms with Crippen LogP contribution >= 0.6 is 0 Å². The van der Waals surface area contributed by atoms with Crippen LogP contribution in [0.1, 0.15) is 38.6 Å². The summed E-state index contributed by atoms with van der Waals surface area (Å²) in [5.74, 6) is 1.12. The van der Waals surface area contributed by atoms with Crippen molar-refractivity contribution in [2.75, 3.05) is 30.7 Å². The molecule has 0 amide bonds. The number of esters is 1. The fraction of sp³-hybridized carbons (Fsp3) is 0.474. The molecule has 2 heterocycles. The SMILES string of the molecule is CCOC(=O)C1CCN(C(C)c2nc(N)nc(Nc3ccccc3)n2)CC1. The molecule has 27 heavy (non-hydrogen) atoms. The number of piperidine rings is 1. The highest BCUT2D eigenvalue weighted by Gasteiger charge is 2.29. The summed E-state index contributed by atoms with van der Waals surface area (Å²) in [5, 5.41) is 3.16. The van der Waals surface area contributed by atoms with E-state index in [1.807, 2.05) is 44.2 Å². The van der Waals surface area contributed by atoms with E-state index < -0.39 is 0 Å². The molecule has 144 valence electrons. The number of nitrogens with zero attached hydrogens (tertiary/aromatic N) is 4. The van der Waals surface area contributed by atoms with Gasteiger partial charge in [0, 0.05) is 5.69 Å². The van der Waals surface area contributed by atoms with Gasteiger partial charge >= 0.3 is 5.97 Å². The highest BCUT2D eigenvalue weighted by atomic mass is 16.5. The summed E-state index contributed by atoms with van der Waals surface area (Å²) in [4.78, 5) is 27.2. The summed E-state index contributed by atoms with van der Waals surface area (Å²) in [6.07, 6.45) is 1.55. The van der Waals surface area contributed by atoms with Crippen molar-refractivity contribution in [3.63, 3.8) is 0 Å². The van der Waals surface area contributed by atoms with Crippen LogP contribution in [-0.4, -0.2) is 45.5 Å². The van der Waals surface area contributed by atoms with Crippen molar-refractivity contribution >= 4 is 23.6 Å². The first-order valence-corrected chi connectivity index (χ1v) is 9.31. The maximum absolute atomic E-state index is 11.9. The quantitative estimate of drug-likeness (QED) is 0.747. The first-order valence-electron chi connectivity index (χ1n) is 9.31. The second-order valence-electron chi connectivity index (χ2n) is 6.60. The van der Waals surface area contributed by atoms with Crippen LogP contribution in [0.4, 0.5) is 17.6 Å². The average Bonchev–Trinajstić information content (AvgIpc) is 2.68. The molecule has 8 heteroatoms. The fourth-order valence-electron chi connectivity index (χ4n) is 3.25. The minimum Gasteiger partial charge on any atom is -0.466 e. The van der Waals surface area contributed by atoms with Crippen LogP contribution in [0.3, 0.4) is 0 Å². The number of hydrogen-bond acceptors (Lipinski definition) is 8. The lowest BCUT2D eigenvalue weighted by molar-refractivity contribution is -0.149. The zero-order valence-electron chi connectivity index (χ0n) is 15.8. The maximum Gasteiger partial charge on any atom is 0.309 e. The first kappa shape index (κ1) is 19.0. The number of carbonyl (C=O) groups excluding carboxylic acids is 1. The first-order chi connectivity index (χ1) is 13.1. The molecule has 0 radical (unpaired) electrons. The van der Waals surface area contributed by atoms with E-state index in [9.17, 15) is 4.79 Å². The van der Waals surface area contributed by atoms with Crippen LogP contribution in [0.2, 0.25) is 0 Å². The van der Waals surface area contributed by atoms with E-state index in [1.165, 1.54) is 0 Å². The number of carbonyl (C=O) groups is 1. The number of benzene rings is 1. The zero-order valence-corrected chi connectivity index (χ0v) is 15.8. The van der Waals surface area contributed by atoms with Crippen molar-refractivity contribution in [3.05, 3.63) is 36.2 Å². The van der Waals surface area contributed by atoms with Crippen molar-refractivity contribution in [1.29, 1.82) is 0 Å². The molecule has 3 rings (SSSR count). The minimum absolute atomic E-state index is 0.0187. The predicted molar refractivity (Wildman–Crippen MR) is 103 cm³/mol. The number of likely N-dealkylation sites (tertiary alicyclic amines) is 1. The third kappa shape index (κ3) is 4.91. The molecule has 1 aliphatic rings. The summed E-state index contributed by atoms with van der Waals surface area (Å²) in [7, 11) is 0. The number of para-hydroxylation sites is 1. The number of rotatable bonds is 6. The Morgan fingerprint density at radius 2 is 1.96 bits per heavy atom. The van der Waals surface area contributed by atoms with Gasteiger partial charge in [0.25, 0.3) is 0 Å². The second kappa shape index (κ2) is 8.77. The Kier molecular flexibility index (Phi) is 6.18. The predicted octanol–water partition coefficient (Wildman–Crippen LogP) is 2.53. The Bertz CT molecular complexity index is 762. The molecule has 0 bridgehead atoms. The van der Waals surface area contributed by atoms with Gasteiger partial charge in [0.05, 0.1) is 18.6 Å². The van der Waals surface area contributed by atoms with Gasteiger partial charge in [-0.1, -0.05) is 18.2 Å². The molecular weight excluding hydrogens is 344 g/mol. The Morgan fingerprint density at radius 3 is 2.63 bits per heavy atom. The van der Waals surface area contributed by atoms with E-state index in [0.29, 0.717) is 18.4 Å². The topological polar surface area (TPSA) is 106 Å². The molecule has 1 unspecified atom stereocenters. The second-order valence-corrected chi connectivity index (χ2v) is 6.60. The molecule has 1 aromatic heterocycles. The minimum atomic E-state index is -0.0939. The third-order valence-corrected chi connectivity index (χ3v) is 4.77. The van der Waals surface area contributed by atoms with Gasteiger partial charge in [0.15, 0.2) is 5.82 Å². The van der Waals surface area contributed by atoms with Crippen LogP contribution in [0.15, 0.2) is 30.3 Å². The van der Waals surface area contributed by atoms with Crippen molar-refractivity contribution in [2.45, 2.75) is 32.7 Å². The lowest BCUT2D eigenvalue weighted by atomic mass is 9.96. The summed E-state index contributed by atoms with van der Waals surface area (Å²) in [6, 6.07) is 9.66. The van der Waals surface area contributed by atoms with Crippen LogP contribution in [0, 0.1) is 5.92 Å². The molecule has 1 aliphatic heterocycles. The van der Waals surface area contributed by atoms with Crippen LogP contribution in [0.25, 0.3) is 0 Å². The fourth-order valence-corrected chi connectivity index (χ4v) is 3.25. The summed E-state index contributed by atoms with van der Waals surface area (Å²) in [6.45, 7) is 5.89. The van der Waals surface area contributed by atoms with Gasteiger partial charge in [-0.2, -0.15) is 15.0 Å². The highest BCUT2D eigenvalue weighted by molar-refractivity contribution is 5.72. The van der Waals surface area contributed by atoms with E-state index in [0.717, 1.165) is 31.6 Å². The average molecular weight is 370 g/mol. The molecule has 0 aliphatic carbocycles. The molecular formula is C19H26N6O2. The molecule has 1 atom stereocenters. The highest BCUT2D eigenvalue weighted by Crippen LogP contribution is 2.26. The van der Waals surface area contributed by atoms with Crippen LogP contribution < -0.4 is 11.1 Å². The van der Waals surface area contributed by atoms with Crippen molar-refractivity contribution in [1.82, 2.24) is 19.9 Å². The van der Waals surface area contributed by atoms with Gasteiger partial charge in [0.2, 0.25) is 11.9 Å². The lowest BCUT2D eigenvalue weighted by Gasteiger charge is -2.34. The van der Waals surface area contributed by atoms with Gasteiger partial charge < -0.3 is 15.8 Å². The Labute approximate surface area is 159 Å². The number of nitrogens with one attached hydrogen (secondary N) is 1. The number of ether oxygens (including phenoxy) is 1. The standard InChI is InChI=1S/C19H26N6O2/c1-3-27-17(26)14-9-11-25(12-10-14)13(2)16-22-18(20)24-19(23-16)21-15-7-5-4-6-8-15/h4-8,13-14H,3,9-12H2,1-2H3,(H3,20,21,22,23,24). The Balaban J connectivity index is 1.66. The third-order valence-electron chi connectivity index (χ3n) is 4.77. The van der Waals surface area contributed by atoms with Gasteiger partial charge in [-0.15, -0.1) is 0 Å². The molecule has 2 aromatic rings. The summed E-state index contributed by atoms with van der Waals surface area (Å²) >= 11 is 0. The van der Waals surface area contributed by atoms with E-state index in [-0.39, 0.29) is 23.9 Å². The zero-order chi connectivity index (χ0) is 19.2. The van der Waals surface area contributed by atoms with E-state index >= 15 is 0 Å². The smallest absolute Gasteiger partial charge is 0.309 e. The van der Waals surface area contributed by atoms with Crippen LogP contribution in [0.5, 0.6) is 0 Å². The molecule has 8 nitrogen and oxygen atoms in total. The molecule has 1 fully saturated rings.